The van der Waals surface area contributed by atoms with Gasteiger partial charge in [-0.15, -0.1) is 29.9 Å². The minimum absolute atomic E-state index is 0. The minimum atomic E-state index is 0. The van der Waals surface area contributed by atoms with Crippen molar-refractivity contribution in [2.45, 2.75) is 6.54 Å². The predicted octanol–water partition coefficient (Wildman–Crippen LogP) is 6.30. The van der Waals surface area contributed by atoms with E-state index >= 15 is 0 Å². The smallest absolute Gasteiger partial charge is 0.260 e. The van der Waals surface area contributed by atoms with Gasteiger partial charge >= 0.3 is 0 Å². The molecule has 238 valence electrons. The molecule has 1 amide bonds. The summed E-state index contributed by atoms with van der Waals surface area (Å²) in [6.07, 6.45) is 0. The van der Waals surface area contributed by atoms with Crippen LogP contribution >= 0.6 is 36.4 Å². The first-order valence-electron chi connectivity index (χ1n) is 13.7. The number of ether oxygens (including phenoxy) is 3. The first-order valence-corrected chi connectivity index (χ1v) is 14.1. The molecule has 0 atom stereocenters. The van der Waals surface area contributed by atoms with Gasteiger partial charge in [-0.3, -0.25) is 9.69 Å². The van der Waals surface area contributed by atoms with Crippen LogP contribution in [0, 0.1) is 0 Å². The first kappa shape index (κ1) is 35.2. The number of hydrogen-bond donors (Lipinski definition) is 2. The van der Waals surface area contributed by atoms with Gasteiger partial charge in [0, 0.05) is 37.7 Å². The Labute approximate surface area is 278 Å². The Balaban J connectivity index is 0.000000265. The molecule has 3 heterocycles. The monoisotopic (exact) mass is 673 g/mol. The number of piperazine rings is 1. The molecule has 0 aliphatic carbocycles. The Bertz CT molecular complexity index is 1560. The maximum Gasteiger partial charge on any atom is 0.260 e. The van der Waals surface area contributed by atoms with Crippen LogP contribution in [0.1, 0.15) is 5.56 Å². The standard InChI is InChI=1S/C20H21ClN2O4.C11H11N5.2ClH/c21-16-2-4-17(5-3-16)25-13-20(24)23-9-7-22(8-10-23)12-15-1-6-18-19(11-15)27-14-26-18;12-10-7-6-9(11(13)14-10)16-15-8-4-2-1-3-5-8;;/h1-6,11H,7-10,12-14H2;1-7H,(H4,12,13,14);2*1H. The van der Waals surface area contributed by atoms with Crippen molar-refractivity contribution in [3.63, 3.8) is 0 Å². The number of aromatic nitrogens is 1. The Hall–Kier alpha value is -4.29. The van der Waals surface area contributed by atoms with E-state index in [-0.39, 0.29) is 49.9 Å². The summed E-state index contributed by atoms with van der Waals surface area (Å²) in [6, 6.07) is 25.8. The molecule has 2 aliphatic heterocycles. The van der Waals surface area contributed by atoms with Crippen LogP contribution in [0.15, 0.2) is 95.2 Å². The number of anilines is 2. The third kappa shape index (κ3) is 10.4. The molecular weight excluding hydrogens is 641 g/mol. The van der Waals surface area contributed by atoms with E-state index in [2.05, 4.69) is 26.2 Å². The molecule has 0 unspecified atom stereocenters. The maximum absolute atomic E-state index is 12.4. The zero-order valence-corrected chi connectivity index (χ0v) is 26.6. The number of nitrogen functional groups attached to an aromatic ring is 2. The lowest BCUT2D eigenvalue weighted by Gasteiger charge is -2.34. The number of halogens is 3. The number of nitrogens with two attached hydrogens (primary N) is 2. The van der Waals surface area contributed by atoms with Crippen molar-refractivity contribution in [3.8, 4) is 17.2 Å². The van der Waals surface area contributed by atoms with Crippen molar-refractivity contribution >= 4 is 65.3 Å². The summed E-state index contributed by atoms with van der Waals surface area (Å²) < 4.78 is 16.3. The lowest BCUT2D eigenvalue weighted by atomic mass is 10.1. The quantitative estimate of drug-likeness (QED) is 0.218. The number of azo groups is 1. The van der Waals surface area contributed by atoms with Crippen LogP contribution < -0.4 is 25.7 Å². The van der Waals surface area contributed by atoms with Crippen molar-refractivity contribution in [1.29, 1.82) is 0 Å². The van der Waals surface area contributed by atoms with Crippen molar-refractivity contribution in [1.82, 2.24) is 14.8 Å². The molecule has 0 radical (unpaired) electrons. The van der Waals surface area contributed by atoms with Crippen LogP contribution in [0.25, 0.3) is 0 Å². The van der Waals surface area contributed by atoms with Gasteiger partial charge in [0.05, 0.1) is 5.69 Å². The molecule has 14 heteroatoms. The molecule has 6 rings (SSSR count). The number of carbonyl (C=O) groups is 1. The molecule has 11 nitrogen and oxygen atoms in total. The van der Waals surface area contributed by atoms with Crippen LogP contribution in [0.3, 0.4) is 0 Å². The summed E-state index contributed by atoms with van der Waals surface area (Å²) >= 11 is 5.85. The van der Waals surface area contributed by atoms with E-state index in [1.807, 2.05) is 47.4 Å². The Morgan fingerprint density at radius 2 is 1.58 bits per heavy atom. The van der Waals surface area contributed by atoms with E-state index in [1.54, 1.807) is 36.4 Å². The van der Waals surface area contributed by atoms with E-state index in [0.29, 0.717) is 35.4 Å². The number of rotatable bonds is 7. The van der Waals surface area contributed by atoms with Crippen molar-refractivity contribution in [3.05, 3.63) is 95.5 Å². The molecule has 1 fully saturated rings. The lowest BCUT2D eigenvalue weighted by Crippen LogP contribution is -2.49. The number of hydrogen-bond acceptors (Lipinski definition) is 10. The highest BCUT2D eigenvalue weighted by Crippen LogP contribution is 2.33. The van der Waals surface area contributed by atoms with Gasteiger partial charge in [-0.2, -0.15) is 5.11 Å². The molecule has 4 N–H and O–H groups in total. The van der Waals surface area contributed by atoms with Crippen molar-refractivity contribution in [2.75, 3.05) is 51.0 Å². The number of pyridine rings is 1. The van der Waals surface area contributed by atoms with Crippen LogP contribution in [-0.2, 0) is 11.3 Å². The number of benzene rings is 3. The van der Waals surface area contributed by atoms with Crippen LogP contribution in [-0.4, -0.2) is 60.3 Å². The fraction of sp³-hybridized carbons (Fsp3) is 0.226. The fourth-order valence-corrected chi connectivity index (χ4v) is 4.52. The SMILES string of the molecule is Cl.Cl.Nc1ccc(N=Nc2ccccc2)c(N)n1.O=C(COc1ccc(Cl)cc1)N1CCN(Cc2ccc3c(c2)OCO3)CC1. The summed E-state index contributed by atoms with van der Waals surface area (Å²) in [5.74, 6) is 2.91. The second-order valence-corrected chi connectivity index (χ2v) is 10.2. The van der Waals surface area contributed by atoms with Gasteiger partial charge in [0.2, 0.25) is 6.79 Å². The summed E-state index contributed by atoms with van der Waals surface area (Å²) in [5.41, 5.74) is 13.6. The summed E-state index contributed by atoms with van der Waals surface area (Å²) in [7, 11) is 0. The molecular formula is C31H34Cl3N7O4. The fourth-order valence-electron chi connectivity index (χ4n) is 4.39. The Morgan fingerprint density at radius 3 is 2.29 bits per heavy atom. The Kier molecular flexibility index (Phi) is 13.5. The number of fused-ring (bicyclic) bond motifs is 1. The largest absolute Gasteiger partial charge is 0.484 e. The molecule has 0 bridgehead atoms. The van der Waals surface area contributed by atoms with E-state index in [4.69, 9.17) is 37.3 Å². The van der Waals surface area contributed by atoms with E-state index in [9.17, 15) is 4.79 Å². The van der Waals surface area contributed by atoms with E-state index in [1.165, 1.54) is 5.56 Å². The van der Waals surface area contributed by atoms with Gasteiger partial charge in [-0.25, -0.2) is 4.98 Å². The summed E-state index contributed by atoms with van der Waals surface area (Å²) in [6.45, 7) is 4.24. The lowest BCUT2D eigenvalue weighted by molar-refractivity contribution is -0.135. The molecule has 3 aromatic carbocycles. The van der Waals surface area contributed by atoms with Crippen molar-refractivity contribution in [2.24, 2.45) is 10.2 Å². The molecule has 45 heavy (non-hydrogen) atoms. The summed E-state index contributed by atoms with van der Waals surface area (Å²) in [4.78, 5) is 20.4. The van der Waals surface area contributed by atoms with Gasteiger partial charge in [0.15, 0.2) is 23.9 Å². The minimum Gasteiger partial charge on any atom is -0.484 e. The third-order valence-corrected chi connectivity index (χ3v) is 6.95. The van der Waals surface area contributed by atoms with Crippen LogP contribution in [0.4, 0.5) is 23.0 Å². The zero-order valence-electron chi connectivity index (χ0n) is 24.3. The Morgan fingerprint density at radius 1 is 0.867 bits per heavy atom. The highest BCUT2D eigenvalue weighted by Gasteiger charge is 2.22. The molecule has 0 spiro atoms. The average molecular weight is 675 g/mol. The zero-order chi connectivity index (χ0) is 30.0. The van der Waals surface area contributed by atoms with Gasteiger partial charge in [-0.1, -0.05) is 35.9 Å². The number of nitrogens with zero attached hydrogens (tertiary/aromatic N) is 5. The second-order valence-electron chi connectivity index (χ2n) is 9.76. The highest BCUT2D eigenvalue weighted by molar-refractivity contribution is 6.30. The van der Waals surface area contributed by atoms with E-state index in [0.717, 1.165) is 36.8 Å². The van der Waals surface area contributed by atoms with Crippen molar-refractivity contribution < 1.29 is 19.0 Å². The van der Waals surface area contributed by atoms with Gasteiger partial charge in [0.25, 0.3) is 5.91 Å². The highest BCUT2D eigenvalue weighted by atomic mass is 35.5. The summed E-state index contributed by atoms with van der Waals surface area (Å²) in [5, 5.41) is 8.68. The number of amides is 1. The van der Waals surface area contributed by atoms with E-state index < -0.39 is 0 Å². The normalized spacial score (nSPS) is 13.7. The third-order valence-electron chi connectivity index (χ3n) is 6.70. The molecule has 0 saturated carbocycles. The maximum atomic E-state index is 12.4. The van der Waals surface area contributed by atoms with Crippen LogP contribution in [0.2, 0.25) is 5.02 Å². The predicted molar refractivity (Wildman–Crippen MR) is 180 cm³/mol. The molecule has 4 aromatic rings. The van der Waals surface area contributed by atoms with Gasteiger partial charge < -0.3 is 30.6 Å². The van der Waals surface area contributed by atoms with Gasteiger partial charge in [0.1, 0.15) is 17.3 Å². The first-order chi connectivity index (χ1) is 20.9. The second kappa shape index (κ2) is 17.3. The molecule has 1 aromatic heterocycles. The van der Waals surface area contributed by atoms with Crippen LogP contribution in [0.5, 0.6) is 17.2 Å². The van der Waals surface area contributed by atoms with Gasteiger partial charge in [-0.05, 0) is 66.2 Å². The molecule has 2 aliphatic rings. The average Bonchev–Trinajstić information content (AvgIpc) is 3.50. The topological polar surface area (TPSA) is 141 Å². The molecule has 1 saturated heterocycles. The number of carbonyl (C=O) groups excluding carboxylic acids is 1.